The van der Waals surface area contributed by atoms with Crippen LogP contribution in [0.15, 0.2) is 48.5 Å². The molecule has 0 aliphatic carbocycles. The van der Waals surface area contributed by atoms with Gasteiger partial charge in [-0.1, -0.05) is 48.3 Å². The average molecular weight is 432 g/mol. The molecule has 1 amide bonds. The summed E-state index contributed by atoms with van der Waals surface area (Å²) in [5.41, 5.74) is 1.79. The van der Waals surface area contributed by atoms with Gasteiger partial charge in [-0.15, -0.1) is 5.10 Å². The molecule has 0 saturated carbocycles. The lowest BCUT2D eigenvalue weighted by Gasteiger charge is -2.25. The standard InChI is InChI=1S/C20H16Cl2FN5O/c1-2-17(29)25-19-26-20-24-15(11-6-8-12(21)9-7-11)10-16(28(20)27-19)18-13(22)4-3-5-14(18)23/h3-10,16H,2H2,1H3,(H2,24,25,26,27,29)/t16-/m0/s1. The number of hydrogen-bond donors (Lipinski definition) is 2. The summed E-state index contributed by atoms with van der Waals surface area (Å²) < 4.78 is 16.2. The Morgan fingerprint density at radius 1 is 1.24 bits per heavy atom. The van der Waals surface area contributed by atoms with Crippen molar-refractivity contribution in [3.05, 3.63) is 75.5 Å². The molecule has 1 aromatic heterocycles. The fourth-order valence-corrected chi connectivity index (χ4v) is 3.46. The molecule has 148 valence electrons. The number of aromatic nitrogens is 3. The number of fused-ring (bicyclic) bond motifs is 1. The van der Waals surface area contributed by atoms with E-state index in [-0.39, 0.29) is 28.9 Å². The van der Waals surface area contributed by atoms with Gasteiger partial charge in [0.1, 0.15) is 11.9 Å². The molecule has 1 aliphatic heterocycles. The molecule has 6 nitrogen and oxygen atoms in total. The Balaban J connectivity index is 1.83. The van der Waals surface area contributed by atoms with E-state index in [2.05, 4.69) is 20.7 Å². The van der Waals surface area contributed by atoms with Crippen molar-refractivity contribution in [2.24, 2.45) is 0 Å². The van der Waals surface area contributed by atoms with Crippen LogP contribution in [0.1, 0.15) is 30.5 Å². The van der Waals surface area contributed by atoms with Gasteiger partial charge in [0.15, 0.2) is 0 Å². The van der Waals surface area contributed by atoms with E-state index in [4.69, 9.17) is 23.2 Å². The van der Waals surface area contributed by atoms with Crippen molar-refractivity contribution in [1.82, 2.24) is 14.8 Å². The molecule has 2 heterocycles. The second-order valence-electron chi connectivity index (χ2n) is 6.40. The first-order valence-corrected chi connectivity index (χ1v) is 9.67. The lowest BCUT2D eigenvalue weighted by Crippen LogP contribution is -2.21. The molecular formula is C20H16Cl2FN5O. The zero-order valence-electron chi connectivity index (χ0n) is 15.3. The Hall–Kier alpha value is -2.90. The zero-order valence-corrected chi connectivity index (χ0v) is 16.8. The maximum atomic E-state index is 14.7. The van der Waals surface area contributed by atoms with Crippen LogP contribution >= 0.6 is 23.2 Å². The van der Waals surface area contributed by atoms with Gasteiger partial charge in [-0.2, -0.15) is 4.98 Å². The lowest BCUT2D eigenvalue weighted by atomic mass is 10.0. The van der Waals surface area contributed by atoms with E-state index in [0.717, 1.165) is 5.56 Å². The third-order valence-corrected chi connectivity index (χ3v) is 5.07. The minimum atomic E-state index is -0.662. The minimum Gasteiger partial charge on any atom is -0.324 e. The summed E-state index contributed by atoms with van der Waals surface area (Å²) in [6.07, 6.45) is 2.09. The molecule has 2 N–H and O–H groups in total. The number of nitrogens with zero attached hydrogens (tertiary/aromatic N) is 3. The largest absolute Gasteiger partial charge is 0.324 e. The Bertz CT molecular complexity index is 1090. The van der Waals surface area contributed by atoms with E-state index in [1.54, 1.807) is 37.3 Å². The molecule has 1 atom stereocenters. The second kappa shape index (κ2) is 7.85. The number of halogens is 3. The molecule has 3 aromatic rings. The Kier molecular flexibility index (Phi) is 5.25. The van der Waals surface area contributed by atoms with Gasteiger partial charge in [0.05, 0.1) is 0 Å². The highest BCUT2D eigenvalue weighted by atomic mass is 35.5. The maximum absolute atomic E-state index is 14.7. The molecular weight excluding hydrogens is 416 g/mol. The topological polar surface area (TPSA) is 71.8 Å². The molecule has 0 spiro atoms. The van der Waals surface area contributed by atoms with Crippen molar-refractivity contribution in [3.63, 3.8) is 0 Å². The number of benzene rings is 2. The van der Waals surface area contributed by atoms with E-state index >= 15 is 0 Å². The van der Waals surface area contributed by atoms with E-state index in [9.17, 15) is 9.18 Å². The first-order valence-electron chi connectivity index (χ1n) is 8.91. The lowest BCUT2D eigenvalue weighted by molar-refractivity contribution is -0.115. The van der Waals surface area contributed by atoms with Crippen LogP contribution in [-0.4, -0.2) is 20.7 Å². The van der Waals surface area contributed by atoms with Crippen molar-refractivity contribution < 1.29 is 9.18 Å². The number of carbonyl (C=O) groups excluding carboxylic acids is 1. The van der Waals surface area contributed by atoms with Crippen LogP contribution in [0.3, 0.4) is 0 Å². The van der Waals surface area contributed by atoms with Crippen molar-refractivity contribution in [3.8, 4) is 0 Å². The van der Waals surface area contributed by atoms with Crippen molar-refractivity contribution in [2.45, 2.75) is 19.4 Å². The summed E-state index contributed by atoms with van der Waals surface area (Å²) in [7, 11) is 0. The van der Waals surface area contributed by atoms with Gasteiger partial charge in [-0.05, 0) is 35.9 Å². The Morgan fingerprint density at radius 2 is 2.00 bits per heavy atom. The van der Waals surface area contributed by atoms with E-state index in [1.807, 2.05) is 12.1 Å². The minimum absolute atomic E-state index is 0.127. The average Bonchev–Trinajstić information content (AvgIpc) is 3.10. The fourth-order valence-electron chi connectivity index (χ4n) is 3.06. The molecule has 0 fully saturated rings. The summed E-state index contributed by atoms with van der Waals surface area (Å²) in [6.45, 7) is 1.73. The predicted octanol–water partition coefficient (Wildman–Crippen LogP) is 5.13. The SMILES string of the molecule is CCC(=O)Nc1nc2n(n1)[C@H](c1c(F)cccc1Cl)C=C(c1ccc(Cl)cc1)N2. The molecule has 0 radical (unpaired) electrons. The summed E-state index contributed by atoms with van der Waals surface area (Å²) in [4.78, 5) is 16.1. The van der Waals surface area contributed by atoms with E-state index < -0.39 is 11.9 Å². The van der Waals surface area contributed by atoms with Crippen LogP contribution in [0.2, 0.25) is 10.0 Å². The summed E-state index contributed by atoms with van der Waals surface area (Å²) in [5, 5.41) is 11.0. The highest BCUT2D eigenvalue weighted by molar-refractivity contribution is 6.31. The van der Waals surface area contributed by atoms with Crippen LogP contribution in [0, 0.1) is 5.82 Å². The quantitative estimate of drug-likeness (QED) is 0.600. The third kappa shape index (κ3) is 3.83. The van der Waals surface area contributed by atoms with Gasteiger partial charge in [0.2, 0.25) is 11.9 Å². The van der Waals surface area contributed by atoms with Crippen molar-refractivity contribution in [1.29, 1.82) is 0 Å². The number of amides is 1. The van der Waals surface area contributed by atoms with Crippen molar-refractivity contribution in [2.75, 3.05) is 10.6 Å². The molecule has 9 heteroatoms. The first-order chi connectivity index (χ1) is 14.0. The monoisotopic (exact) mass is 431 g/mol. The summed E-state index contributed by atoms with van der Waals surface area (Å²) >= 11 is 12.3. The van der Waals surface area contributed by atoms with Gasteiger partial charge in [0, 0.05) is 27.7 Å². The van der Waals surface area contributed by atoms with Gasteiger partial charge >= 0.3 is 0 Å². The summed E-state index contributed by atoms with van der Waals surface area (Å²) in [5.74, 6) is -0.202. The number of carbonyl (C=O) groups is 1. The van der Waals surface area contributed by atoms with Gasteiger partial charge in [-0.3, -0.25) is 10.1 Å². The number of hydrogen-bond acceptors (Lipinski definition) is 4. The van der Waals surface area contributed by atoms with Crippen LogP contribution in [0.25, 0.3) is 5.70 Å². The number of nitrogens with one attached hydrogen (secondary N) is 2. The van der Waals surface area contributed by atoms with Crippen LogP contribution in [-0.2, 0) is 4.79 Å². The molecule has 0 unspecified atom stereocenters. The number of allylic oxidation sites excluding steroid dienone is 1. The zero-order chi connectivity index (χ0) is 20.5. The second-order valence-corrected chi connectivity index (χ2v) is 7.24. The van der Waals surface area contributed by atoms with Gasteiger partial charge in [0.25, 0.3) is 5.95 Å². The fraction of sp³-hybridized carbons (Fsp3) is 0.150. The number of rotatable bonds is 4. The Labute approximate surface area is 176 Å². The smallest absolute Gasteiger partial charge is 0.250 e. The van der Waals surface area contributed by atoms with Crippen molar-refractivity contribution >= 4 is 46.7 Å². The highest BCUT2D eigenvalue weighted by Crippen LogP contribution is 2.37. The molecule has 1 aliphatic rings. The maximum Gasteiger partial charge on any atom is 0.250 e. The van der Waals surface area contributed by atoms with Crippen LogP contribution in [0.5, 0.6) is 0 Å². The van der Waals surface area contributed by atoms with Crippen LogP contribution < -0.4 is 10.6 Å². The van der Waals surface area contributed by atoms with Gasteiger partial charge in [-0.25, -0.2) is 9.07 Å². The molecule has 4 rings (SSSR count). The molecule has 2 aromatic carbocycles. The van der Waals surface area contributed by atoms with E-state index in [1.165, 1.54) is 10.7 Å². The molecule has 29 heavy (non-hydrogen) atoms. The normalized spacial score (nSPS) is 15.3. The molecule has 0 bridgehead atoms. The Morgan fingerprint density at radius 3 is 2.69 bits per heavy atom. The summed E-state index contributed by atoms with van der Waals surface area (Å²) in [6, 6.07) is 11.0. The highest BCUT2D eigenvalue weighted by Gasteiger charge is 2.29. The predicted molar refractivity (Wildman–Crippen MR) is 112 cm³/mol. The van der Waals surface area contributed by atoms with Crippen LogP contribution in [0.4, 0.5) is 16.3 Å². The molecule has 0 saturated heterocycles. The van der Waals surface area contributed by atoms with E-state index in [0.29, 0.717) is 16.7 Å². The first kappa shape index (κ1) is 19.4. The van der Waals surface area contributed by atoms with Gasteiger partial charge < -0.3 is 5.32 Å². The third-order valence-electron chi connectivity index (χ3n) is 4.49. The number of anilines is 2.